The Morgan fingerprint density at radius 3 is 2.50 bits per heavy atom. The Morgan fingerprint density at radius 1 is 1.29 bits per heavy atom. The van der Waals surface area contributed by atoms with Crippen LogP contribution in [0, 0.1) is 6.92 Å². The van der Waals surface area contributed by atoms with E-state index < -0.39 is 8.03 Å². The molecule has 0 aliphatic rings. The standard InChI is InChI=1S/C11H16O2P/c1-3-4-9-14(12)13-11-7-5-10(2)6-8-11/h5-8H,3-4,9H2,1-2H3/q+1. The third kappa shape index (κ3) is 3.89. The van der Waals surface area contributed by atoms with Crippen LogP contribution < -0.4 is 4.52 Å². The first-order chi connectivity index (χ1) is 6.72. The van der Waals surface area contributed by atoms with Crippen molar-refractivity contribution in [3.8, 4) is 5.75 Å². The van der Waals surface area contributed by atoms with Crippen LogP contribution in [-0.2, 0) is 4.57 Å². The molecular weight excluding hydrogens is 195 g/mol. The summed E-state index contributed by atoms with van der Waals surface area (Å²) < 4.78 is 16.7. The molecule has 1 aromatic carbocycles. The van der Waals surface area contributed by atoms with Gasteiger partial charge in [0.1, 0.15) is 0 Å². The van der Waals surface area contributed by atoms with Crippen LogP contribution in [0.5, 0.6) is 5.75 Å². The SMILES string of the molecule is CCCC[P+](=O)Oc1ccc(C)cc1. The number of benzene rings is 1. The second-order valence-corrected chi connectivity index (χ2v) is 4.61. The summed E-state index contributed by atoms with van der Waals surface area (Å²) in [7, 11) is -1.52. The summed E-state index contributed by atoms with van der Waals surface area (Å²) in [6.07, 6.45) is 2.67. The molecule has 1 atom stereocenters. The van der Waals surface area contributed by atoms with E-state index >= 15 is 0 Å². The maximum atomic E-state index is 11.4. The highest BCUT2D eigenvalue weighted by atomic mass is 31.1. The molecule has 1 unspecified atom stereocenters. The van der Waals surface area contributed by atoms with Gasteiger partial charge >= 0.3 is 8.03 Å². The molecule has 0 amide bonds. The Morgan fingerprint density at radius 2 is 1.93 bits per heavy atom. The molecule has 1 rings (SSSR count). The molecule has 0 N–H and O–H groups in total. The smallest absolute Gasteiger partial charge is 0.254 e. The van der Waals surface area contributed by atoms with Crippen LogP contribution in [0.3, 0.4) is 0 Å². The Bertz CT molecular complexity index is 293. The second kappa shape index (κ2) is 5.77. The highest BCUT2D eigenvalue weighted by Gasteiger charge is 2.17. The third-order valence-electron chi connectivity index (χ3n) is 1.92. The average molecular weight is 211 g/mol. The molecule has 0 radical (unpaired) electrons. The summed E-state index contributed by atoms with van der Waals surface area (Å²) >= 11 is 0. The number of unbranched alkanes of at least 4 members (excludes halogenated alkanes) is 1. The quantitative estimate of drug-likeness (QED) is 0.690. The minimum absolute atomic E-state index is 0.652. The summed E-state index contributed by atoms with van der Waals surface area (Å²) in [5, 5.41) is 0. The molecule has 0 saturated heterocycles. The predicted octanol–water partition coefficient (Wildman–Crippen LogP) is 3.92. The van der Waals surface area contributed by atoms with Crippen LogP contribution in [0.25, 0.3) is 0 Å². The van der Waals surface area contributed by atoms with E-state index in [1.54, 1.807) is 0 Å². The fourth-order valence-corrected chi connectivity index (χ4v) is 2.07. The van der Waals surface area contributed by atoms with E-state index in [-0.39, 0.29) is 0 Å². The van der Waals surface area contributed by atoms with Crippen molar-refractivity contribution in [3.63, 3.8) is 0 Å². The van der Waals surface area contributed by atoms with Gasteiger partial charge in [-0.25, -0.2) is 0 Å². The van der Waals surface area contributed by atoms with E-state index in [2.05, 4.69) is 6.92 Å². The zero-order valence-electron chi connectivity index (χ0n) is 8.69. The molecule has 2 nitrogen and oxygen atoms in total. The van der Waals surface area contributed by atoms with Gasteiger partial charge in [-0.3, -0.25) is 4.52 Å². The van der Waals surface area contributed by atoms with Crippen LogP contribution in [0.2, 0.25) is 0 Å². The van der Waals surface area contributed by atoms with Crippen molar-refractivity contribution >= 4 is 8.03 Å². The molecule has 1 aromatic rings. The van der Waals surface area contributed by atoms with Gasteiger partial charge in [-0.2, -0.15) is 0 Å². The zero-order valence-corrected chi connectivity index (χ0v) is 9.59. The summed E-state index contributed by atoms with van der Waals surface area (Å²) in [5.74, 6) is 0.702. The van der Waals surface area contributed by atoms with E-state index in [9.17, 15) is 4.57 Å². The summed E-state index contributed by atoms with van der Waals surface area (Å²) in [6.45, 7) is 4.09. The fourth-order valence-electron chi connectivity index (χ4n) is 1.05. The maximum Gasteiger partial charge on any atom is 0.556 e. The number of hydrogen-bond acceptors (Lipinski definition) is 2. The molecule has 0 aliphatic carbocycles. The zero-order chi connectivity index (χ0) is 10.4. The van der Waals surface area contributed by atoms with Gasteiger partial charge in [0.05, 0.1) is 0 Å². The van der Waals surface area contributed by atoms with E-state index in [4.69, 9.17) is 4.52 Å². The Labute approximate surface area is 86.2 Å². The number of aryl methyl sites for hydroxylation is 1. The Hall–Kier alpha value is -0.880. The molecule has 0 bridgehead atoms. The molecule has 0 spiro atoms. The monoisotopic (exact) mass is 211 g/mol. The largest absolute Gasteiger partial charge is 0.556 e. The minimum atomic E-state index is -1.52. The highest BCUT2D eigenvalue weighted by Crippen LogP contribution is 2.27. The van der Waals surface area contributed by atoms with Gasteiger partial charge in [0.2, 0.25) is 0 Å². The summed E-state index contributed by atoms with van der Waals surface area (Å²) in [6, 6.07) is 7.62. The van der Waals surface area contributed by atoms with Crippen LogP contribution in [0.15, 0.2) is 24.3 Å². The number of hydrogen-bond donors (Lipinski definition) is 0. The topological polar surface area (TPSA) is 26.3 Å². The molecule has 0 fully saturated rings. The lowest BCUT2D eigenvalue weighted by Gasteiger charge is -1.94. The van der Waals surface area contributed by atoms with Crippen molar-refractivity contribution in [1.29, 1.82) is 0 Å². The molecule has 0 aliphatic heterocycles. The molecule has 0 saturated carbocycles. The molecule has 3 heteroatoms. The fraction of sp³-hybridized carbons (Fsp3) is 0.455. The highest BCUT2D eigenvalue weighted by molar-refractivity contribution is 7.39. The van der Waals surface area contributed by atoms with Crippen molar-refractivity contribution in [3.05, 3.63) is 29.8 Å². The van der Waals surface area contributed by atoms with Crippen LogP contribution in [-0.4, -0.2) is 6.16 Å². The molecule has 0 heterocycles. The maximum absolute atomic E-state index is 11.4. The van der Waals surface area contributed by atoms with Crippen LogP contribution in [0.4, 0.5) is 0 Å². The van der Waals surface area contributed by atoms with Crippen molar-refractivity contribution < 1.29 is 9.09 Å². The first-order valence-electron chi connectivity index (χ1n) is 4.91. The van der Waals surface area contributed by atoms with Crippen molar-refractivity contribution in [2.75, 3.05) is 6.16 Å². The Balaban J connectivity index is 2.44. The minimum Gasteiger partial charge on any atom is -0.254 e. The van der Waals surface area contributed by atoms with Gasteiger partial charge in [0.25, 0.3) is 0 Å². The predicted molar refractivity (Wildman–Crippen MR) is 59.2 cm³/mol. The second-order valence-electron chi connectivity index (χ2n) is 3.31. The third-order valence-corrected chi connectivity index (χ3v) is 3.02. The van der Waals surface area contributed by atoms with E-state index in [0.717, 1.165) is 12.8 Å². The lowest BCUT2D eigenvalue weighted by Crippen LogP contribution is -1.86. The normalized spacial score (nSPS) is 11.1. The lowest BCUT2D eigenvalue weighted by atomic mass is 10.2. The van der Waals surface area contributed by atoms with Crippen molar-refractivity contribution in [1.82, 2.24) is 0 Å². The summed E-state index contributed by atoms with van der Waals surface area (Å²) in [5.41, 5.74) is 1.18. The van der Waals surface area contributed by atoms with E-state index in [1.165, 1.54) is 5.56 Å². The lowest BCUT2D eigenvalue weighted by molar-refractivity contribution is 0.502. The van der Waals surface area contributed by atoms with Crippen LogP contribution >= 0.6 is 8.03 Å². The van der Waals surface area contributed by atoms with E-state index in [1.807, 2.05) is 31.2 Å². The molecular formula is C11H16O2P+. The van der Waals surface area contributed by atoms with Gasteiger partial charge in [-0.1, -0.05) is 31.0 Å². The number of rotatable bonds is 5. The van der Waals surface area contributed by atoms with Gasteiger partial charge in [-0.15, -0.1) is 0 Å². The van der Waals surface area contributed by atoms with Gasteiger partial charge in [0.15, 0.2) is 11.9 Å². The Kier molecular flexibility index (Phi) is 4.61. The molecule has 76 valence electrons. The first-order valence-corrected chi connectivity index (χ1v) is 6.28. The van der Waals surface area contributed by atoms with Crippen molar-refractivity contribution in [2.45, 2.75) is 26.7 Å². The van der Waals surface area contributed by atoms with E-state index in [0.29, 0.717) is 11.9 Å². The molecule has 0 aromatic heterocycles. The van der Waals surface area contributed by atoms with Crippen molar-refractivity contribution in [2.24, 2.45) is 0 Å². The van der Waals surface area contributed by atoms with Gasteiger partial charge in [0, 0.05) is 0 Å². The van der Waals surface area contributed by atoms with Gasteiger partial charge in [-0.05, 0) is 30.0 Å². The first kappa shape index (κ1) is 11.2. The summed E-state index contributed by atoms with van der Waals surface area (Å²) in [4.78, 5) is 0. The van der Waals surface area contributed by atoms with Gasteiger partial charge < -0.3 is 0 Å². The molecule has 14 heavy (non-hydrogen) atoms. The average Bonchev–Trinajstić information content (AvgIpc) is 2.18. The van der Waals surface area contributed by atoms with Crippen LogP contribution in [0.1, 0.15) is 25.3 Å².